The summed E-state index contributed by atoms with van der Waals surface area (Å²) in [5.74, 6) is -0.928. The van der Waals surface area contributed by atoms with E-state index < -0.39 is 17.4 Å². The molecule has 0 saturated carbocycles. The van der Waals surface area contributed by atoms with Crippen molar-refractivity contribution in [3.63, 3.8) is 0 Å². The summed E-state index contributed by atoms with van der Waals surface area (Å²) in [6, 6.07) is 0. The Bertz CT molecular complexity index is 500. The number of hydrogen-bond acceptors (Lipinski definition) is 4. The molecule has 0 radical (unpaired) electrons. The Labute approximate surface area is 225 Å². The zero-order valence-electron chi connectivity index (χ0n) is 24.8. The molecule has 36 heavy (non-hydrogen) atoms. The maximum atomic E-state index is 12.4. The van der Waals surface area contributed by atoms with E-state index in [9.17, 15) is 9.59 Å². The molecule has 0 bridgehead atoms. The monoisotopic (exact) mass is 510 g/mol. The Kier molecular flexibility index (Phi) is 24.8. The molecule has 0 aliphatic heterocycles. The van der Waals surface area contributed by atoms with Gasteiger partial charge in [-0.2, -0.15) is 0 Å². The van der Waals surface area contributed by atoms with Crippen LogP contribution in [0, 0.1) is 5.41 Å². The minimum absolute atomic E-state index is 0.394. The molecule has 0 rings (SSSR count). The molecule has 0 amide bonds. The van der Waals surface area contributed by atoms with Crippen molar-refractivity contribution in [2.45, 2.75) is 175 Å². The van der Waals surface area contributed by atoms with Crippen molar-refractivity contribution in [2.24, 2.45) is 5.41 Å². The second-order valence-electron chi connectivity index (χ2n) is 11.3. The van der Waals surface area contributed by atoms with Gasteiger partial charge in [0.25, 0.3) is 0 Å². The summed E-state index contributed by atoms with van der Waals surface area (Å²) in [4.78, 5) is 24.8. The number of hydrogen-bond donors (Lipinski definition) is 0. The first kappa shape index (κ1) is 34.9. The summed E-state index contributed by atoms with van der Waals surface area (Å²) in [5, 5.41) is 0. The second-order valence-corrected chi connectivity index (χ2v) is 11.3. The summed E-state index contributed by atoms with van der Waals surface area (Å²) in [7, 11) is 0. The van der Waals surface area contributed by atoms with Gasteiger partial charge in [0, 0.05) is 0 Å². The molecule has 0 heterocycles. The molecule has 0 aliphatic rings. The smallest absolute Gasteiger partial charge is 0.322 e. The van der Waals surface area contributed by atoms with Gasteiger partial charge in [-0.3, -0.25) is 9.59 Å². The number of carbonyl (C=O) groups is 2. The molecule has 0 N–H and O–H groups in total. The lowest BCUT2D eigenvalue weighted by atomic mass is 9.94. The molecule has 0 unspecified atom stereocenters. The van der Waals surface area contributed by atoms with Crippen LogP contribution in [0.25, 0.3) is 0 Å². The van der Waals surface area contributed by atoms with Crippen LogP contribution in [0.2, 0.25) is 0 Å². The van der Waals surface area contributed by atoms with Gasteiger partial charge in [0.2, 0.25) is 0 Å². The number of carbonyl (C=O) groups excluding carboxylic acids is 2. The largest absolute Gasteiger partial charge is 0.465 e. The predicted octanol–water partition coefficient (Wildman–Crippen LogP) is 10.1. The Hall–Kier alpha value is -1.06. The van der Waals surface area contributed by atoms with Crippen molar-refractivity contribution in [1.29, 1.82) is 0 Å². The number of rotatable bonds is 27. The predicted molar refractivity (Wildman–Crippen MR) is 153 cm³/mol. The highest BCUT2D eigenvalue weighted by Gasteiger charge is 2.39. The van der Waals surface area contributed by atoms with Gasteiger partial charge >= 0.3 is 11.9 Å². The summed E-state index contributed by atoms with van der Waals surface area (Å²) >= 11 is 0. The Morgan fingerprint density at radius 1 is 0.417 bits per heavy atom. The fourth-order valence-corrected chi connectivity index (χ4v) is 4.48. The van der Waals surface area contributed by atoms with E-state index in [1.807, 2.05) is 0 Å². The molecule has 0 saturated heterocycles. The van der Waals surface area contributed by atoms with Gasteiger partial charge in [0.1, 0.15) is 0 Å². The normalized spacial score (nSPS) is 11.6. The van der Waals surface area contributed by atoms with E-state index >= 15 is 0 Å². The van der Waals surface area contributed by atoms with Crippen LogP contribution in [0.15, 0.2) is 0 Å². The summed E-state index contributed by atoms with van der Waals surface area (Å²) in [6.45, 7) is 8.52. The first-order chi connectivity index (χ1) is 17.5. The van der Waals surface area contributed by atoms with E-state index in [-0.39, 0.29) is 0 Å². The van der Waals surface area contributed by atoms with E-state index in [0.29, 0.717) is 13.2 Å². The van der Waals surface area contributed by atoms with Crippen molar-refractivity contribution >= 4 is 11.9 Å². The fourth-order valence-electron chi connectivity index (χ4n) is 4.48. The number of unbranched alkanes of at least 4 members (excludes halogenated alkanes) is 21. The first-order valence-electron chi connectivity index (χ1n) is 15.8. The van der Waals surface area contributed by atoms with Gasteiger partial charge < -0.3 is 9.47 Å². The molecule has 0 fully saturated rings. The lowest BCUT2D eigenvalue weighted by Crippen LogP contribution is -2.37. The third-order valence-corrected chi connectivity index (χ3v) is 7.23. The van der Waals surface area contributed by atoms with Crippen molar-refractivity contribution in [2.75, 3.05) is 13.2 Å². The fraction of sp³-hybridized carbons (Fsp3) is 0.938. The minimum Gasteiger partial charge on any atom is -0.465 e. The summed E-state index contributed by atoms with van der Waals surface area (Å²) < 4.78 is 10.8. The van der Waals surface area contributed by atoms with E-state index in [2.05, 4.69) is 13.8 Å². The molecule has 214 valence electrons. The van der Waals surface area contributed by atoms with Crippen molar-refractivity contribution in [3.05, 3.63) is 0 Å². The van der Waals surface area contributed by atoms with Gasteiger partial charge in [-0.25, -0.2) is 0 Å². The van der Waals surface area contributed by atoms with E-state index in [0.717, 1.165) is 25.7 Å². The third-order valence-electron chi connectivity index (χ3n) is 7.23. The number of ether oxygens (including phenoxy) is 2. The van der Waals surface area contributed by atoms with Crippen molar-refractivity contribution in [1.82, 2.24) is 0 Å². The number of esters is 2. The molecule has 4 nitrogen and oxygen atoms in total. The van der Waals surface area contributed by atoms with Gasteiger partial charge in [-0.15, -0.1) is 0 Å². The molecule has 0 atom stereocenters. The van der Waals surface area contributed by atoms with Crippen molar-refractivity contribution in [3.8, 4) is 0 Å². The van der Waals surface area contributed by atoms with E-state index in [4.69, 9.17) is 9.47 Å². The van der Waals surface area contributed by atoms with Gasteiger partial charge in [-0.05, 0) is 26.7 Å². The zero-order valence-corrected chi connectivity index (χ0v) is 24.8. The van der Waals surface area contributed by atoms with Gasteiger partial charge in [0.05, 0.1) is 13.2 Å². The molecule has 0 aromatic carbocycles. The summed E-state index contributed by atoms with van der Waals surface area (Å²) in [5.41, 5.74) is -1.23. The van der Waals surface area contributed by atoms with Gasteiger partial charge in [-0.1, -0.05) is 149 Å². The molecule has 0 aliphatic carbocycles. The Balaban J connectivity index is 3.60. The minimum atomic E-state index is -1.23. The van der Waals surface area contributed by atoms with Crippen molar-refractivity contribution < 1.29 is 19.1 Å². The molecule has 0 aromatic heterocycles. The molecular weight excluding hydrogens is 448 g/mol. The molecule has 0 aromatic rings. The van der Waals surface area contributed by atoms with Crippen LogP contribution >= 0.6 is 0 Å². The topological polar surface area (TPSA) is 52.6 Å². The Morgan fingerprint density at radius 3 is 0.889 bits per heavy atom. The molecular formula is C32H62O4. The molecule has 0 spiro atoms. The standard InChI is InChI=1S/C32H62O4/c1-5-7-9-11-13-15-17-18-19-21-23-25-27-29-36-31(34)32(3,4)30(33)35-28-26-24-22-20-16-14-12-10-8-6-2/h5-29H2,1-4H3. The zero-order chi connectivity index (χ0) is 26.7. The quantitative estimate of drug-likeness (QED) is 0.0626. The average molecular weight is 511 g/mol. The third kappa shape index (κ3) is 21.1. The highest BCUT2D eigenvalue weighted by molar-refractivity contribution is 5.99. The van der Waals surface area contributed by atoms with Gasteiger partial charge in [0.15, 0.2) is 5.41 Å². The highest BCUT2D eigenvalue weighted by atomic mass is 16.6. The van der Waals surface area contributed by atoms with Crippen LogP contribution in [0.4, 0.5) is 0 Å². The summed E-state index contributed by atoms with van der Waals surface area (Å²) in [6.07, 6.45) is 29.1. The van der Waals surface area contributed by atoms with Crippen LogP contribution in [-0.4, -0.2) is 25.2 Å². The van der Waals surface area contributed by atoms with Crippen LogP contribution in [0.5, 0.6) is 0 Å². The highest BCUT2D eigenvalue weighted by Crippen LogP contribution is 2.21. The Morgan fingerprint density at radius 2 is 0.639 bits per heavy atom. The van der Waals surface area contributed by atoms with Crippen LogP contribution in [0.3, 0.4) is 0 Å². The van der Waals surface area contributed by atoms with Crippen LogP contribution in [0.1, 0.15) is 175 Å². The van der Waals surface area contributed by atoms with E-state index in [1.165, 1.54) is 122 Å². The molecule has 4 heteroatoms. The lowest BCUT2D eigenvalue weighted by Gasteiger charge is -2.20. The van der Waals surface area contributed by atoms with E-state index in [1.54, 1.807) is 13.8 Å². The lowest BCUT2D eigenvalue weighted by molar-refractivity contribution is -0.170. The SMILES string of the molecule is CCCCCCCCCCCCCCCOC(=O)C(C)(C)C(=O)OCCCCCCCCCCCC. The maximum absolute atomic E-state index is 12.4. The van der Waals surface area contributed by atoms with Crippen LogP contribution < -0.4 is 0 Å². The second kappa shape index (κ2) is 25.6. The first-order valence-corrected chi connectivity index (χ1v) is 15.8. The average Bonchev–Trinajstić information content (AvgIpc) is 2.87. The maximum Gasteiger partial charge on any atom is 0.322 e. The van der Waals surface area contributed by atoms with Crippen LogP contribution in [-0.2, 0) is 19.1 Å².